The molecule has 0 bridgehead atoms. The molecule has 1 aliphatic heterocycles. The van der Waals surface area contributed by atoms with Crippen molar-refractivity contribution in [2.45, 2.75) is 45.3 Å². The molecule has 3 aromatic rings. The van der Waals surface area contributed by atoms with Crippen LogP contribution in [0.5, 0.6) is 0 Å². The van der Waals surface area contributed by atoms with Gasteiger partial charge in [-0.15, -0.1) is 0 Å². The summed E-state index contributed by atoms with van der Waals surface area (Å²) < 4.78 is 41.6. The topological polar surface area (TPSA) is 79.2 Å². The summed E-state index contributed by atoms with van der Waals surface area (Å²) in [6.07, 6.45) is 8.05. The smallest absolute Gasteiger partial charge is 0.249 e. The molecule has 1 N–H and O–H groups in total. The van der Waals surface area contributed by atoms with Gasteiger partial charge in [0.15, 0.2) is 23.3 Å². The number of benzene rings is 1. The van der Waals surface area contributed by atoms with Crippen LogP contribution in [0.15, 0.2) is 30.7 Å². The molecule has 2 aromatic heterocycles. The van der Waals surface area contributed by atoms with Crippen molar-refractivity contribution in [3.05, 3.63) is 59.3 Å². The van der Waals surface area contributed by atoms with Gasteiger partial charge >= 0.3 is 0 Å². The van der Waals surface area contributed by atoms with Crippen molar-refractivity contribution in [2.24, 2.45) is 5.92 Å². The van der Waals surface area contributed by atoms with E-state index in [2.05, 4.69) is 20.3 Å². The first-order valence-electron chi connectivity index (χ1n) is 11.6. The third-order valence-corrected chi connectivity index (χ3v) is 6.44. The molecule has 0 spiro atoms. The summed E-state index contributed by atoms with van der Waals surface area (Å²) in [7, 11) is 1.75. The first-order chi connectivity index (χ1) is 16.8. The van der Waals surface area contributed by atoms with Gasteiger partial charge in [0.1, 0.15) is 11.7 Å². The van der Waals surface area contributed by atoms with Gasteiger partial charge in [0.2, 0.25) is 11.9 Å². The Hall–Kier alpha value is -3.63. The lowest BCUT2D eigenvalue weighted by molar-refractivity contribution is -0.120. The van der Waals surface area contributed by atoms with Crippen molar-refractivity contribution in [1.29, 1.82) is 0 Å². The number of carbonyl (C=O) groups is 1. The minimum absolute atomic E-state index is 0.0540. The molecule has 5 rings (SSSR count). The number of hydrogen-bond acceptors (Lipinski definition) is 6. The Kier molecular flexibility index (Phi) is 6.08. The van der Waals surface area contributed by atoms with Gasteiger partial charge < -0.3 is 15.1 Å². The highest BCUT2D eigenvalue weighted by atomic mass is 19.2. The van der Waals surface area contributed by atoms with Crippen LogP contribution >= 0.6 is 0 Å². The number of anilines is 3. The van der Waals surface area contributed by atoms with Gasteiger partial charge in [-0.2, -0.15) is 10.1 Å². The van der Waals surface area contributed by atoms with Gasteiger partial charge in [0, 0.05) is 31.9 Å². The highest BCUT2D eigenvalue weighted by Crippen LogP contribution is 2.39. The Labute approximate surface area is 200 Å². The van der Waals surface area contributed by atoms with E-state index < -0.39 is 17.5 Å². The molecule has 0 saturated heterocycles. The van der Waals surface area contributed by atoms with Gasteiger partial charge in [-0.25, -0.2) is 18.2 Å². The predicted octanol–water partition coefficient (Wildman–Crippen LogP) is 3.72. The highest BCUT2D eigenvalue weighted by molar-refractivity contribution is 6.04. The SMILES string of the molecule is CC[C@@H]1C(=O)N(C)c2cnc(NCc3cnn(Cc4cc(F)c(F)c(F)c4)c3)nc2N1CC1CC1. The second kappa shape index (κ2) is 9.20. The fourth-order valence-corrected chi connectivity index (χ4v) is 4.36. The zero-order valence-electron chi connectivity index (χ0n) is 19.5. The largest absolute Gasteiger partial charge is 0.350 e. The number of nitrogens with zero attached hydrogens (tertiary/aromatic N) is 6. The van der Waals surface area contributed by atoms with E-state index in [-0.39, 0.29) is 24.1 Å². The Morgan fingerprint density at radius 3 is 2.54 bits per heavy atom. The van der Waals surface area contributed by atoms with E-state index in [1.165, 1.54) is 17.5 Å². The van der Waals surface area contributed by atoms with E-state index in [1.807, 2.05) is 6.92 Å². The maximum Gasteiger partial charge on any atom is 0.249 e. The monoisotopic (exact) mass is 485 g/mol. The van der Waals surface area contributed by atoms with Crippen LogP contribution in [0.25, 0.3) is 0 Å². The molecule has 0 radical (unpaired) electrons. The van der Waals surface area contributed by atoms with Crippen LogP contribution in [0.2, 0.25) is 0 Å². The number of halogens is 3. The maximum atomic E-state index is 13.5. The summed E-state index contributed by atoms with van der Waals surface area (Å²) in [5.74, 6) is -2.12. The van der Waals surface area contributed by atoms with Crippen LogP contribution in [0.3, 0.4) is 0 Å². The molecule has 35 heavy (non-hydrogen) atoms. The molecule has 0 unspecified atom stereocenters. The zero-order valence-corrected chi connectivity index (χ0v) is 19.5. The van der Waals surface area contributed by atoms with Gasteiger partial charge in [-0.1, -0.05) is 6.92 Å². The minimum atomic E-state index is -1.49. The number of likely N-dealkylation sites (N-methyl/N-ethyl adjacent to an activating group) is 1. The number of hydrogen-bond donors (Lipinski definition) is 1. The third-order valence-electron chi connectivity index (χ3n) is 6.44. The number of nitrogens with one attached hydrogen (secondary N) is 1. The second-order valence-electron chi connectivity index (χ2n) is 9.09. The summed E-state index contributed by atoms with van der Waals surface area (Å²) in [4.78, 5) is 25.7. The molecular formula is C24H26F3N7O. The summed E-state index contributed by atoms with van der Waals surface area (Å²) in [5.41, 5.74) is 1.77. The number of amides is 1. The predicted molar refractivity (Wildman–Crippen MR) is 125 cm³/mol. The summed E-state index contributed by atoms with van der Waals surface area (Å²) in [5, 5.41) is 7.40. The molecule has 2 aliphatic rings. The lowest BCUT2D eigenvalue weighted by Gasteiger charge is -2.40. The minimum Gasteiger partial charge on any atom is -0.350 e. The second-order valence-corrected chi connectivity index (χ2v) is 9.09. The molecule has 8 nitrogen and oxygen atoms in total. The van der Waals surface area contributed by atoms with Crippen LogP contribution in [0.4, 0.5) is 30.6 Å². The van der Waals surface area contributed by atoms with Crippen LogP contribution in [0.1, 0.15) is 37.3 Å². The molecule has 1 saturated carbocycles. The molecular weight excluding hydrogens is 459 g/mol. The van der Waals surface area contributed by atoms with Crippen molar-refractivity contribution >= 4 is 23.4 Å². The van der Waals surface area contributed by atoms with Gasteiger partial charge in [0.25, 0.3) is 0 Å². The van der Waals surface area contributed by atoms with Crippen molar-refractivity contribution in [1.82, 2.24) is 19.7 Å². The molecule has 184 valence electrons. The van der Waals surface area contributed by atoms with Gasteiger partial charge in [0.05, 0.1) is 18.9 Å². The van der Waals surface area contributed by atoms with E-state index >= 15 is 0 Å². The molecule has 3 heterocycles. The fourth-order valence-electron chi connectivity index (χ4n) is 4.36. The number of aromatic nitrogens is 4. The van der Waals surface area contributed by atoms with Crippen LogP contribution in [0, 0.1) is 23.4 Å². The van der Waals surface area contributed by atoms with Crippen molar-refractivity contribution in [2.75, 3.05) is 28.7 Å². The normalized spacial score (nSPS) is 17.6. The number of rotatable bonds is 8. The first kappa shape index (κ1) is 23.1. The molecule has 1 fully saturated rings. The van der Waals surface area contributed by atoms with Crippen LogP contribution in [-0.4, -0.2) is 45.3 Å². The van der Waals surface area contributed by atoms with Crippen LogP contribution < -0.4 is 15.1 Å². The maximum absolute atomic E-state index is 13.5. The quantitative estimate of drug-likeness (QED) is 0.490. The summed E-state index contributed by atoms with van der Waals surface area (Å²) in [6.45, 7) is 3.28. The standard InChI is InChI=1S/C24H26F3N7O/c1-3-19-23(35)32(2)20-10-29-24(31-22(20)34(19)13-14-4-5-14)28-8-16-9-30-33(12-16)11-15-6-17(25)21(27)18(26)7-15/h6-7,9-10,12,14,19H,3-5,8,11,13H2,1-2H3,(H,28,29,31)/t19-/m1/s1. The lowest BCUT2D eigenvalue weighted by Crippen LogP contribution is -2.53. The Morgan fingerprint density at radius 2 is 1.86 bits per heavy atom. The van der Waals surface area contributed by atoms with Crippen molar-refractivity contribution in [3.8, 4) is 0 Å². The fraction of sp³-hybridized carbons (Fsp3) is 0.417. The molecule has 1 aromatic carbocycles. The Balaban J connectivity index is 1.30. The Morgan fingerprint density at radius 1 is 1.11 bits per heavy atom. The van der Waals surface area contributed by atoms with E-state index in [9.17, 15) is 18.0 Å². The molecule has 1 amide bonds. The number of carbonyl (C=O) groups excluding carboxylic acids is 1. The van der Waals surface area contributed by atoms with Crippen molar-refractivity contribution < 1.29 is 18.0 Å². The molecule has 1 aliphatic carbocycles. The van der Waals surface area contributed by atoms with Crippen molar-refractivity contribution in [3.63, 3.8) is 0 Å². The average molecular weight is 486 g/mol. The van der Waals surface area contributed by atoms with E-state index in [0.717, 1.165) is 30.1 Å². The van der Waals surface area contributed by atoms with E-state index in [4.69, 9.17) is 4.98 Å². The average Bonchev–Trinajstić information content (AvgIpc) is 3.56. The summed E-state index contributed by atoms with van der Waals surface area (Å²) >= 11 is 0. The lowest BCUT2D eigenvalue weighted by atomic mass is 10.1. The molecule has 11 heteroatoms. The van der Waals surface area contributed by atoms with E-state index in [1.54, 1.807) is 30.5 Å². The van der Waals surface area contributed by atoms with E-state index in [0.29, 0.717) is 30.5 Å². The van der Waals surface area contributed by atoms with Gasteiger partial charge in [-0.05, 0) is 42.9 Å². The highest BCUT2D eigenvalue weighted by Gasteiger charge is 2.39. The Bertz CT molecular complexity index is 1240. The molecule has 1 atom stereocenters. The zero-order chi connectivity index (χ0) is 24.7. The van der Waals surface area contributed by atoms with Crippen LogP contribution in [-0.2, 0) is 17.9 Å². The summed E-state index contributed by atoms with van der Waals surface area (Å²) in [6, 6.07) is 1.67. The first-order valence-corrected chi connectivity index (χ1v) is 11.6. The third kappa shape index (κ3) is 4.67. The van der Waals surface area contributed by atoms with Gasteiger partial charge in [-0.3, -0.25) is 9.48 Å². The number of fused-ring (bicyclic) bond motifs is 1.